The number of nitrogens with zero attached hydrogens (tertiary/aromatic N) is 3. The first kappa shape index (κ1) is 21.3. The van der Waals surface area contributed by atoms with Gasteiger partial charge in [0, 0.05) is 11.1 Å². The summed E-state index contributed by atoms with van der Waals surface area (Å²) in [6.07, 6.45) is 1.38. The van der Waals surface area contributed by atoms with Crippen LogP contribution in [0.2, 0.25) is 0 Å². The fourth-order valence-corrected chi connectivity index (χ4v) is 4.65. The summed E-state index contributed by atoms with van der Waals surface area (Å²) in [5.74, 6) is -3.72. The van der Waals surface area contributed by atoms with E-state index in [1.54, 1.807) is 0 Å². The van der Waals surface area contributed by atoms with Crippen molar-refractivity contribution in [3.8, 4) is 0 Å². The zero-order valence-corrected chi connectivity index (χ0v) is 16.7. The molecule has 5 N–H and O–H groups in total. The number of thiazole rings is 1. The highest BCUT2D eigenvalue weighted by Gasteiger charge is 2.54. The summed E-state index contributed by atoms with van der Waals surface area (Å²) in [6, 6.07) is -1.01. The largest absolute Gasteiger partial charge is 0.479 e. The van der Waals surface area contributed by atoms with E-state index in [1.807, 2.05) is 0 Å². The van der Waals surface area contributed by atoms with Gasteiger partial charge in [-0.3, -0.25) is 14.5 Å². The summed E-state index contributed by atoms with van der Waals surface area (Å²) in [4.78, 5) is 57.1. The molecule has 30 heavy (non-hydrogen) atoms. The summed E-state index contributed by atoms with van der Waals surface area (Å²) in [5, 5.41) is 25.0. The molecule has 0 bridgehead atoms. The molecule has 1 aromatic rings. The average Bonchev–Trinajstić information content (AvgIpc) is 3.13. The quantitative estimate of drug-likeness (QED) is 0.226. The lowest BCUT2D eigenvalue weighted by Crippen LogP contribution is -2.71. The molecular formula is C16H15N5O7S2. The lowest BCUT2D eigenvalue weighted by molar-refractivity contribution is -0.150. The number of rotatable bonds is 8. The Bertz CT molecular complexity index is 1000. The normalized spacial score (nSPS) is 20.9. The van der Waals surface area contributed by atoms with Crippen LogP contribution >= 0.6 is 23.1 Å². The second-order valence-electron chi connectivity index (χ2n) is 5.92. The number of hydrogen-bond donors (Lipinski definition) is 4. The molecule has 0 aromatic carbocycles. The van der Waals surface area contributed by atoms with E-state index < -0.39 is 41.8 Å². The Balaban J connectivity index is 1.79. The van der Waals surface area contributed by atoms with Crippen LogP contribution in [0.5, 0.6) is 0 Å². The third-order valence-electron chi connectivity index (χ3n) is 4.06. The Hall–Kier alpha value is -3.39. The van der Waals surface area contributed by atoms with Crippen molar-refractivity contribution in [3.05, 3.63) is 35.0 Å². The number of oxime groups is 1. The van der Waals surface area contributed by atoms with Crippen LogP contribution in [-0.4, -0.2) is 73.3 Å². The number of carbonyl (C=O) groups is 4. The molecule has 3 rings (SSSR count). The molecule has 3 heterocycles. The number of β-lactam (4-membered cyclic amide) rings is 1. The predicted octanol–water partition coefficient (Wildman–Crippen LogP) is -0.545. The predicted molar refractivity (Wildman–Crippen MR) is 107 cm³/mol. The molecule has 2 aliphatic rings. The van der Waals surface area contributed by atoms with E-state index in [1.165, 1.54) is 23.2 Å². The number of fused-ring (bicyclic) bond motifs is 1. The van der Waals surface area contributed by atoms with Crippen LogP contribution in [0.25, 0.3) is 0 Å². The number of aliphatic carboxylic acids is 2. The van der Waals surface area contributed by atoms with Gasteiger partial charge in [-0.05, 0) is 5.57 Å². The van der Waals surface area contributed by atoms with E-state index in [0.29, 0.717) is 11.3 Å². The van der Waals surface area contributed by atoms with Crippen molar-refractivity contribution in [1.82, 2.24) is 15.2 Å². The number of amides is 2. The van der Waals surface area contributed by atoms with Gasteiger partial charge in [0.2, 0.25) is 6.61 Å². The number of nitrogens with two attached hydrogens (primary N) is 1. The Labute approximate surface area is 177 Å². The van der Waals surface area contributed by atoms with E-state index in [9.17, 15) is 24.3 Å². The average molecular weight is 453 g/mol. The van der Waals surface area contributed by atoms with E-state index in [2.05, 4.69) is 26.9 Å². The third kappa shape index (κ3) is 3.99. The minimum Gasteiger partial charge on any atom is -0.479 e. The smallest absolute Gasteiger partial charge is 0.352 e. The number of allylic oxidation sites excluding steroid dienone is 1. The zero-order chi connectivity index (χ0) is 22.0. The van der Waals surface area contributed by atoms with Crippen LogP contribution in [-0.2, 0) is 24.0 Å². The van der Waals surface area contributed by atoms with Crippen molar-refractivity contribution in [2.45, 2.75) is 11.4 Å². The maximum atomic E-state index is 12.7. The molecular weight excluding hydrogens is 438 g/mol. The number of carboxylic acids is 2. The second-order valence-corrected chi connectivity index (χ2v) is 7.92. The fourth-order valence-electron chi connectivity index (χ4n) is 2.76. The number of aromatic nitrogens is 1. The minimum atomic E-state index is -1.30. The molecule has 2 amide bonds. The van der Waals surface area contributed by atoms with Crippen molar-refractivity contribution in [2.75, 3.05) is 18.1 Å². The molecule has 0 radical (unpaired) electrons. The number of hydrogen-bond acceptors (Lipinski definition) is 10. The molecule has 0 spiro atoms. The molecule has 2 aliphatic heterocycles. The minimum absolute atomic E-state index is 0.0420. The lowest BCUT2D eigenvalue weighted by atomic mass is 10.0. The van der Waals surface area contributed by atoms with Crippen LogP contribution in [0.3, 0.4) is 0 Å². The molecule has 1 unspecified atom stereocenters. The number of thioether (sulfide) groups is 1. The lowest BCUT2D eigenvalue weighted by Gasteiger charge is -2.49. The standard InChI is InChI=1S/C16H15N5O7S2/c1-2-6-4-29-14-10(13(25)21(14)11(6)15(26)27)19-12(24)9(20-28-3-8(22)23)7-5-30-16(17)18-7/h2,5,10,14H,1,3-4H2,(H2,17,18)(H,19,24)(H,22,23)(H,26,27)/b20-9+/t10?,14-/m1/s1. The number of nitrogens with one attached hydrogen (secondary N) is 1. The van der Waals surface area contributed by atoms with Crippen molar-refractivity contribution in [2.24, 2.45) is 5.16 Å². The van der Waals surface area contributed by atoms with Gasteiger partial charge in [0.15, 0.2) is 10.8 Å². The van der Waals surface area contributed by atoms with E-state index in [-0.39, 0.29) is 22.2 Å². The van der Waals surface area contributed by atoms with E-state index in [4.69, 9.17) is 10.8 Å². The van der Waals surface area contributed by atoms with E-state index >= 15 is 0 Å². The molecule has 12 nitrogen and oxygen atoms in total. The summed E-state index contributed by atoms with van der Waals surface area (Å²) < 4.78 is 0. The van der Waals surface area contributed by atoms with Crippen LogP contribution in [0, 0.1) is 0 Å². The topological polar surface area (TPSA) is 185 Å². The van der Waals surface area contributed by atoms with Gasteiger partial charge in [-0.2, -0.15) is 0 Å². The van der Waals surface area contributed by atoms with Crippen molar-refractivity contribution in [3.63, 3.8) is 0 Å². The van der Waals surface area contributed by atoms with Gasteiger partial charge in [0.05, 0.1) is 0 Å². The molecule has 0 saturated carbocycles. The molecule has 0 aliphatic carbocycles. The molecule has 1 saturated heterocycles. The summed E-state index contributed by atoms with van der Waals surface area (Å²) in [6.45, 7) is 2.77. The number of nitrogen functional groups attached to an aromatic ring is 1. The van der Waals surface area contributed by atoms with Gasteiger partial charge in [0.1, 0.15) is 22.8 Å². The van der Waals surface area contributed by atoms with E-state index in [0.717, 1.165) is 16.2 Å². The Morgan fingerprint density at radius 2 is 2.20 bits per heavy atom. The number of carbonyl (C=O) groups excluding carboxylic acids is 2. The number of carboxylic acid groups (broad SMARTS) is 2. The molecule has 1 aromatic heterocycles. The fraction of sp³-hybridized carbons (Fsp3) is 0.250. The van der Waals surface area contributed by atoms with Gasteiger partial charge in [-0.15, -0.1) is 23.1 Å². The molecule has 158 valence electrons. The van der Waals surface area contributed by atoms with Gasteiger partial charge in [-0.25, -0.2) is 14.6 Å². The molecule has 2 atom stereocenters. The van der Waals surface area contributed by atoms with Crippen LogP contribution in [0.1, 0.15) is 5.69 Å². The first-order valence-electron chi connectivity index (χ1n) is 8.22. The second kappa shape index (κ2) is 8.54. The Morgan fingerprint density at radius 3 is 2.77 bits per heavy atom. The first-order valence-corrected chi connectivity index (χ1v) is 10.1. The SMILES string of the molecule is C=CC1=C(C(=O)O)N2C(=O)C(NC(=O)/C(=N/OCC(=O)O)c3csc(N)n3)[C@H]2SC1. The van der Waals surface area contributed by atoms with Crippen LogP contribution < -0.4 is 11.1 Å². The zero-order valence-electron chi connectivity index (χ0n) is 15.1. The first-order chi connectivity index (χ1) is 14.2. The van der Waals surface area contributed by atoms with Gasteiger partial charge in [-0.1, -0.05) is 17.8 Å². The number of anilines is 1. The van der Waals surface area contributed by atoms with Crippen LogP contribution in [0.15, 0.2) is 34.5 Å². The van der Waals surface area contributed by atoms with Crippen molar-refractivity contribution < 1.29 is 34.2 Å². The van der Waals surface area contributed by atoms with Crippen LogP contribution in [0.4, 0.5) is 5.13 Å². The summed E-state index contributed by atoms with van der Waals surface area (Å²) in [5.41, 5.74) is 5.48. The highest BCUT2D eigenvalue weighted by molar-refractivity contribution is 8.00. The van der Waals surface area contributed by atoms with Gasteiger partial charge in [0.25, 0.3) is 11.8 Å². The maximum absolute atomic E-state index is 12.7. The highest BCUT2D eigenvalue weighted by atomic mass is 32.2. The van der Waals surface area contributed by atoms with Gasteiger partial charge < -0.3 is 26.1 Å². The summed E-state index contributed by atoms with van der Waals surface area (Å²) in [7, 11) is 0. The van der Waals surface area contributed by atoms with Gasteiger partial charge >= 0.3 is 11.9 Å². The third-order valence-corrected chi connectivity index (χ3v) is 6.03. The highest BCUT2D eigenvalue weighted by Crippen LogP contribution is 2.40. The van der Waals surface area contributed by atoms with Crippen molar-refractivity contribution >= 4 is 57.7 Å². The Morgan fingerprint density at radius 1 is 1.47 bits per heavy atom. The Kier molecular flexibility index (Phi) is 6.07. The maximum Gasteiger partial charge on any atom is 0.352 e. The summed E-state index contributed by atoms with van der Waals surface area (Å²) >= 11 is 2.30. The van der Waals surface area contributed by atoms with Crippen molar-refractivity contribution in [1.29, 1.82) is 0 Å². The molecule has 1 fully saturated rings. The monoisotopic (exact) mass is 453 g/mol. The molecule has 14 heteroatoms.